The van der Waals surface area contributed by atoms with Gasteiger partial charge in [-0.25, -0.2) is 0 Å². The summed E-state index contributed by atoms with van der Waals surface area (Å²) in [4.78, 5) is 0. The molecule has 0 unspecified atom stereocenters. The number of hydrogen-bond acceptors (Lipinski definition) is 0. The van der Waals surface area contributed by atoms with Crippen LogP contribution in [0.4, 0.5) is 0 Å². The van der Waals surface area contributed by atoms with E-state index in [9.17, 15) is 0 Å². The molecule has 0 atom stereocenters. The summed E-state index contributed by atoms with van der Waals surface area (Å²) in [6.45, 7) is 0. The Balaban J connectivity index is 0.00000663. The van der Waals surface area contributed by atoms with Crippen molar-refractivity contribution in [3.8, 4) is 44.8 Å². The van der Waals surface area contributed by atoms with Gasteiger partial charge in [0, 0.05) is 32.9 Å². The molecular formula is C85H64N2Si2. The Morgan fingerprint density at radius 1 is 0.191 bits per heavy atom. The third kappa shape index (κ3) is 9.06. The topological polar surface area (TPSA) is 9.86 Å². The average molecular weight is 1170 g/mol. The summed E-state index contributed by atoms with van der Waals surface area (Å²) in [7, 11) is -5.82. The third-order valence-electron chi connectivity index (χ3n) is 18.4. The van der Waals surface area contributed by atoms with Crippen LogP contribution in [0.5, 0.6) is 0 Å². The van der Waals surface area contributed by atoms with Crippen LogP contribution in [-0.2, 0) is 0 Å². The van der Waals surface area contributed by atoms with Gasteiger partial charge in [0.15, 0.2) is 16.1 Å². The summed E-state index contributed by atoms with van der Waals surface area (Å²) in [5.74, 6) is 0. The van der Waals surface area contributed by atoms with Crippen LogP contribution in [0.15, 0.2) is 364 Å². The molecule has 0 aliphatic carbocycles. The van der Waals surface area contributed by atoms with Gasteiger partial charge >= 0.3 is 0 Å². The predicted molar refractivity (Wildman–Crippen MR) is 385 cm³/mol. The monoisotopic (exact) mass is 1170 g/mol. The van der Waals surface area contributed by atoms with Gasteiger partial charge in [-0.15, -0.1) is 0 Å². The standard InChI is InChI=1S/C84H60N2Si2.CH4/c1-8-31-64(32-9-1)85-80-51-24-23-48-77(80)79-60-65(54-56-83(79)85)86-81-52-25-22-47-76(81)78-59-63(53-55-82(78)86)84-74(61-29-26-45-72(57-61)87(66-33-10-2-11-34-66,67-35-12-3-13-36-67)68-37-14-4-15-38-68)49-28-50-75(84)62-30-27-46-73(58-62)88(69-39-16-5-17-40-69,70-41-18-6-19-42-70)71-43-20-7-21-44-71;/h1-60H;1H4. The second kappa shape index (κ2) is 23.1. The highest BCUT2D eigenvalue weighted by Crippen LogP contribution is 2.44. The zero-order valence-corrected chi connectivity index (χ0v) is 50.5. The zero-order chi connectivity index (χ0) is 58.4. The fourth-order valence-corrected chi connectivity index (χ4v) is 24.3. The predicted octanol–water partition coefficient (Wildman–Crippen LogP) is 16.3. The maximum absolute atomic E-state index is 2.91. The van der Waals surface area contributed by atoms with Gasteiger partial charge in [0.1, 0.15) is 0 Å². The second-order valence-electron chi connectivity index (χ2n) is 23.1. The van der Waals surface area contributed by atoms with Crippen LogP contribution in [-0.4, -0.2) is 25.3 Å². The molecule has 0 radical (unpaired) electrons. The van der Waals surface area contributed by atoms with E-state index in [0.717, 1.165) is 22.5 Å². The van der Waals surface area contributed by atoms with E-state index in [-0.39, 0.29) is 7.43 Å². The van der Waals surface area contributed by atoms with E-state index in [1.807, 2.05) is 0 Å². The lowest BCUT2D eigenvalue weighted by Gasteiger charge is -2.35. The first-order valence-corrected chi connectivity index (χ1v) is 34.5. The number of benzene rings is 14. The van der Waals surface area contributed by atoms with Crippen molar-refractivity contribution in [1.29, 1.82) is 0 Å². The SMILES string of the molecule is C.c1ccc(-n2c3ccccc3c3cc(-n4c5ccccc5c5cc(-c6c(-c7cccc([Si](c8ccccc8)(c8ccccc8)c8ccccc8)c7)cccc6-c6cccc([Si](c7ccccc7)(c7ccccc7)c7ccccc7)c6)ccc54)ccc32)cc1. The minimum Gasteiger partial charge on any atom is -0.309 e. The van der Waals surface area contributed by atoms with E-state index < -0.39 is 16.1 Å². The Morgan fingerprint density at radius 2 is 0.506 bits per heavy atom. The van der Waals surface area contributed by atoms with Crippen LogP contribution in [0.1, 0.15) is 7.43 Å². The number of hydrogen-bond donors (Lipinski definition) is 0. The first-order chi connectivity index (χ1) is 43.7. The van der Waals surface area contributed by atoms with Gasteiger partial charge in [0.25, 0.3) is 0 Å². The Bertz CT molecular complexity index is 4800. The van der Waals surface area contributed by atoms with E-state index in [1.54, 1.807) is 0 Å². The normalized spacial score (nSPS) is 11.7. The van der Waals surface area contributed by atoms with Crippen molar-refractivity contribution < 1.29 is 0 Å². The summed E-state index contributed by atoms with van der Waals surface area (Å²) in [5.41, 5.74) is 14.1. The highest BCUT2D eigenvalue weighted by molar-refractivity contribution is 7.20. The van der Waals surface area contributed by atoms with Crippen LogP contribution in [0, 0.1) is 0 Å². The fourth-order valence-electron chi connectivity index (χ4n) is 14.7. The molecule has 0 aliphatic rings. The number of aromatic nitrogens is 2. The lowest BCUT2D eigenvalue weighted by Crippen LogP contribution is -2.74. The molecule has 16 aromatic rings. The molecule has 2 nitrogen and oxygen atoms in total. The fraction of sp³-hybridized carbons (Fsp3) is 0.0118. The Labute approximate surface area is 523 Å². The number of nitrogens with zero attached hydrogens (tertiary/aromatic N) is 2. The average Bonchev–Trinajstić information content (AvgIpc) is 1.82. The van der Waals surface area contributed by atoms with E-state index in [2.05, 4.69) is 373 Å². The first kappa shape index (κ1) is 54.7. The van der Waals surface area contributed by atoms with Crippen molar-refractivity contribution in [3.63, 3.8) is 0 Å². The highest BCUT2D eigenvalue weighted by Gasteiger charge is 2.43. The molecule has 0 aliphatic heterocycles. The van der Waals surface area contributed by atoms with Crippen molar-refractivity contribution in [2.45, 2.75) is 7.43 Å². The van der Waals surface area contributed by atoms with E-state index in [4.69, 9.17) is 0 Å². The minimum absolute atomic E-state index is 0. The molecular weight excluding hydrogens is 1110 g/mol. The maximum atomic E-state index is 2.53. The molecule has 0 saturated heterocycles. The molecule has 0 saturated carbocycles. The molecule has 4 heteroatoms. The van der Waals surface area contributed by atoms with E-state index in [0.29, 0.717) is 0 Å². The summed E-state index contributed by atoms with van der Waals surface area (Å²) in [6.07, 6.45) is 0. The lowest BCUT2D eigenvalue weighted by molar-refractivity contribution is 1.17. The molecule has 2 aromatic heterocycles. The van der Waals surface area contributed by atoms with Crippen LogP contribution < -0.4 is 41.5 Å². The Morgan fingerprint density at radius 3 is 0.921 bits per heavy atom. The quantitative estimate of drug-likeness (QED) is 0.0804. The van der Waals surface area contributed by atoms with Crippen LogP contribution >= 0.6 is 0 Å². The summed E-state index contributed by atoms with van der Waals surface area (Å²) < 4.78 is 4.87. The minimum atomic E-state index is -2.91. The second-order valence-corrected chi connectivity index (χ2v) is 30.7. The van der Waals surface area contributed by atoms with Crippen molar-refractivity contribution in [1.82, 2.24) is 9.13 Å². The van der Waals surface area contributed by atoms with Crippen LogP contribution in [0.25, 0.3) is 88.4 Å². The molecule has 0 spiro atoms. The molecule has 2 heterocycles. The van der Waals surface area contributed by atoms with Gasteiger partial charge in [-0.05, 0) is 129 Å². The molecule has 0 bridgehead atoms. The molecule has 16 rings (SSSR count). The lowest BCUT2D eigenvalue weighted by atomic mass is 9.87. The van der Waals surface area contributed by atoms with Crippen LogP contribution in [0.3, 0.4) is 0 Å². The van der Waals surface area contributed by atoms with Gasteiger partial charge in [0.05, 0.1) is 22.1 Å². The first-order valence-electron chi connectivity index (χ1n) is 30.5. The maximum Gasteiger partial charge on any atom is 0.179 e. The molecule has 89 heavy (non-hydrogen) atoms. The number of para-hydroxylation sites is 3. The van der Waals surface area contributed by atoms with E-state index in [1.165, 1.54) is 107 Å². The van der Waals surface area contributed by atoms with Gasteiger partial charge < -0.3 is 9.13 Å². The Kier molecular flexibility index (Phi) is 14.2. The third-order valence-corrected chi connectivity index (χ3v) is 28.0. The summed E-state index contributed by atoms with van der Waals surface area (Å²) >= 11 is 0. The summed E-state index contributed by atoms with van der Waals surface area (Å²) in [5, 5.41) is 15.6. The van der Waals surface area contributed by atoms with Gasteiger partial charge in [-0.3, -0.25) is 0 Å². The van der Waals surface area contributed by atoms with Gasteiger partial charge in [-0.2, -0.15) is 0 Å². The van der Waals surface area contributed by atoms with Gasteiger partial charge in [-0.1, -0.05) is 317 Å². The largest absolute Gasteiger partial charge is 0.309 e. The smallest absolute Gasteiger partial charge is 0.179 e. The van der Waals surface area contributed by atoms with Gasteiger partial charge in [0.2, 0.25) is 0 Å². The van der Waals surface area contributed by atoms with Crippen LogP contribution in [0.2, 0.25) is 0 Å². The molecule has 14 aromatic carbocycles. The molecule has 0 fully saturated rings. The Hall–Kier alpha value is -10.9. The highest BCUT2D eigenvalue weighted by atomic mass is 28.3. The summed E-state index contributed by atoms with van der Waals surface area (Å²) in [6, 6.07) is 137. The van der Waals surface area contributed by atoms with Crippen molar-refractivity contribution in [3.05, 3.63) is 364 Å². The molecule has 0 amide bonds. The zero-order valence-electron chi connectivity index (χ0n) is 48.5. The van der Waals surface area contributed by atoms with Crippen molar-refractivity contribution >= 4 is 101 Å². The van der Waals surface area contributed by atoms with E-state index >= 15 is 0 Å². The van der Waals surface area contributed by atoms with Crippen molar-refractivity contribution in [2.75, 3.05) is 0 Å². The number of fused-ring (bicyclic) bond motifs is 6. The van der Waals surface area contributed by atoms with Crippen molar-refractivity contribution in [2.24, 2.45) is 0 Å². The number of rotatable bonds is 13. The molecule has 422 valence electrons. The molecule has 0 N–H and O–H groups in total.